The minimum atomic E-state index is -1.13. The molecule has 2 aromatic rings. The molecule has 0 radical (unpaired) electrons. The number of non-ortho nitro benzene ring substituents is 1. The maximum absolute atomic E-state index is 12.3. The first-order chi connectivity index (χ1) is 9.15. The minimum absolute atomic E-state index is 0. The average molecular weight is 334 g/mol. The first kappa shape index (κ1) is 15.3. The number of rotatable bonds is 3. The summed E-state index contributed by atoms with van der Waals surface area (Å²) in [4.78, 5) is 14.5. The fraction of sp³-hybridized carbons (Fsp3) is 0.364. The highest BCUT2D eigenvalue weighted by Crippen LogP contribution is 2.29. The van der Waals surface area contributed by atoms with E-state index in [1.54, 1.807) is 6.07 Å². The van der Waals surface area contributed by atoms with E-state index in [0.717, 1.165) is 24.2 Å². The molecule has 0 bridgehead atoms. The molecule has 0 aliphatic carbocycles. The molecular weight excluding hydrogens is 322 g/mol. The lowest BCUT2D eigenvalue weighted by Crippen LogP contribution is -2.18. The van der Waals surface area contributed by atoms with Gasteiger partial charge in [-0.3, -0.25) is 14.3 Å². The molecule has 3 rings (SSSR count). The molecule has 1 N–H and O–H groups in total. The number of hydrogen-bond donors (Lipinski definition) is 1. The smallest absolute Gasteiger partial charge is 0.271 e. The number of aromatic nitrogens is 1. The molecule has 0 spiro atoms. The zero-order valence-electron chi connectivity index (χ0n) is 10.3. The largest absolute Gasteiger partial charge is 0.315 e. The van der Waals surface area contributed by atoms with Gasteiger partial charge in [-0.1, -0.05) is 0 Å². The zero-order chi connectivity index (χ0) is 13.4. The van der Waals surface area contributed by atoms with E-state index in [9.17, 15) is 14.3 Å². The van der Waals surface area contributed by atoms with Gasteiger partial charge in [-0.2, -0.15) is 0 Å². The van der Waals surface area contributed by atoms with Crippen molar-refractivity contribution in [2.24, 2.45) is 0 Å². The van der Waals surface area contributed by atoms with Crippen LogP contribution in [0.1, 0.15) is 6.42 Å². The molecule has 6 nitrogen and oxygen atoms in total. The van der Waals surface area contributed by atoms with E-state index in [0.29, 0.717) is 9.86 Å². The second-order valence-electron chi connectivity index (χ2n) is 4.30. The molecule has 1 aromatic heterocycles. The Labute approximate surface area is 127 Å². The number of hydrogen-bond acceptors (Lipinski definition) is 6. The van der Waals surface area contributed by atoms with Crippen molar-refractivity contribution in [2.45, 2.75) is 16.0 Å². The Bertz CT molecular complexity index is 670. The Morgan fingerprint density at radius 2 is 2.30 bits per heavy atom. The van der Waals surface area contributed by atoms with Crippen LogP contribution in [0, 0.1) is 10.1 Å². The van der Waals surface area contributed by atoms with Gasteiger partial charge in [0.05, 0.1) is 31.2 Å². The predicted octanol–water partition coefficient (Wildman–Crippen LogP) is 2.10. The lowest BCUT2D eigenvalue weighted by molar-refractivity contribution is -0.384. The van der Waals surface area contributed by atoms with Gasteiger partial charge in [0.25, 0.3) is 5.69 Å². The Morgan fingerprint density at radius 3 is 2.95 bits per heavy atom. The Kier molecular flexibility index (Phi) is 4.69. The number of nitro groups is 1. The quantitative estimate of drug-likeness (QED) is 0.686. The normalized spacial score (nSPS) is 19.7. The SMILES string of the molecule is Cl.O=[N+]([O-])c1ccc2sc([S@@](=O)[C@@H]3CCNC3)nc2c1. The van der Waals surface area contributed by atoms with Crippen LogP contribution in [0.3, 0.4) is 0 Å². The predicted molar refractivity (Wildman–Crippen MR) is 81.2 cm³/mol. The molecule has 0 saturated carbocycles. The second kappa shape index (κ2) is 6.13. The molecule has 0 amide bonds. The lowest BCUT2D eigenvalue weighted by Gasteiger charge is -2.03. The maximum Gasteiger partial charge on any atom is 0.271 e. The number of benzene rings is 1. The summed E-state index contributed by atoms with van der Waals surface area (Å²) in [5.74, 6) is 0. The van der Waals surface area contributed by atoms with Gasteiger partial charge < -0.3 is 5.32 Å². The van der Waals surface area contributed by atoms with E-state index >= 15 is 0 Å². The number of nitrogens with one attached hydrogen (secondary N) is 1. The molecule has 1 fully saturated rings. The zero-order valence-corrected chi connectivity index (χ0v) is 12.7. The van der Waals surface area contributed by atoms with E-state index < -0.39 is 15.7 Å². The standard InChI is InChI=1S/C11H11N3O3S2.ClH/c15-14(16)7-1-2-10-9(5-7)13-11(18-10)19(17)8-3-4-12-6-8;/h1-2,5,8,12H,3-4,6H2;1H/t8-,19+;/m1./s1. The van der Waals surface area contributed by atoms with Crippen LogP contribution < -0.4 is 5.32 Å². The third kappa shape index (κ3) is 2.83. The summed E-state index contributed by atoms with van der Waals surface area (Å²) < 4.78 is 13.7. The van der Waals surface area contributed by atoms with Crippen LogP contribution >= 0.6 is 23.7 Å². The molecule has 108 valence electrons. The Morgan fingerprint density at radius 1 is 1.50 bits per heavy atom. The lowest BCUT2D eigenvalue weighted by atomic mass is 10.3. The van der Waals surface area contributed by atoms with Gasteiger partial charge in [-0.25, -0.2) is 4.98 Å². The Hall–Kier alpha value is -1.09. The summed E-state index contributed by atoms with van der Waals surface area (Å²) in [6.07, 6.45) is 0.878. The van der Waals surface area contributed by atoms with Gasteiger partial charge in [0.1, 0.15) is 0 Å². The monoisotopic (exact) mass is 333 g/mol. The summed E-state index contributed by atoms with van der Waals surface area (Å²) in [6.45, 7) is 1.62. The molecule has 2 heterocycles. The topological polar surface area (TPSA) is 85.1 Å². The van der Waals surface area contributed by atoms with Crippen LogP contribution in [0.15, 0.2) is 22.5 Å². The van der Waals surface area contributed by atoms with Crippen molar-refractivity contribution in [3.05, 3.63) is 28.3 Å². The van der Waals surface area contributed by atoms with Crippen molar-refractivity contribution < 1.29 is 9.13 Å². The number of halogens is 1. The second-order valence-corrected chi connectivity index (χ2v) is 7.24. The molecule has 2 atom stereocenters. The summed E-state index contributed by atoms with van der Waals surface area (Å²) in [7, 11) is -1.13. The van der Waals surface area contributed by atoms with Crippen molar-refractivity contribution in [1.29, 1.82) is 0 Å². The number of thiazole rings is 1. The van der Waals surface area contributed by atoms with Crippen LogP contribution in [0.4, 0.5) is 5.69 Å². The van der Waals surface area contributed by atoms with Gasteiger partial charge in [0, 0.05) is 18.7 Å². The number of nitro benzene ring substituents is 1. The van der Waals surface area contributed by atoms with Crippen molar-refractivity contribution in [3.63, 3.8) is 0 Å². The summed E-state index contributed by atoms with van der Waals surface area (Å²) in [6, 6.07) is 4.54. The fourth-order valence-electron chi connectivity index (χ4n) is 2.05. The molecule has 1 aliphatic heterocycles. The first-order valence-electron chi connectivity index (χ1n) is 5.81. The summed E-state index contributed by atoms with van der Waals surface area (Å²) in [5, 5.41) is 14.0. The summed E-state index contributed by atoms with van der Waals surface area (Å²) in [5.41, 5.74) is 0.561. The summed E-state index contributed by atoms with van der Waals surface area (Å²) >= 11 is 1.35. The van der Waals surface area contributed by atoms with E-state index in [1.807, 2.05) is 0 Å². The van der Waals surface area contributed by atoms with Gasteiger partial charge in [-0.05, 0) is 19.0 Å². The van der Waals surface area contributed by atoms with E-state index in [2.05, 4.69) is 10.3 Å². The number of fused-ring (bicyclic) bond motifs is 1. The first-order valence-corrected chi connectivity index (χ1v) is 7.84. The van der Waals surface area contributed by atoms with Crippen LogP contribution in [0.2, 0.25) is 0 Å². The highest BCUT2D eigenvalue weighted by molar-refractivity contribution is 7.88. The molecule has 1 saturated heterocycles. The van der Waals surface area contributed by atoms with E-state index in [-0.39, 0.29) is 23.3 Å². The molecule has 1 aliphatic rings. The van der Waals surface area contributed by atoms with Crippen LogP contribution in [-0.4, -0.2) is 32.5 Å². The van der Waals surface area contributed by atoms with Gasteiger partial charge in [0.15, 0.2) is 4.34 Å². The third-order valence-electron chi connectivity index (χ3n) is 3.05. The Balaban J connectivity index is 0.00000147. The highest BCUT2D eigenvalue weighted by atomic mass is 35.5. The van der Waals surface area contributed by atoms with E-state index in [1.165, 1.54) is 23.5 Å². The average Bonchev–Trinajstić information content (AvgIpc) is 3.06. The molecule has 20 heavy (non-hydrogen) atoms. The van der Waals surface area contributed by atoms with Crippen molar-refractivity contribution >= 4 is 50.4 Å². The highest BCUT2D eigenvalue weighted by Gasteiger charge is 2.25. The van der Waals surface area contributed by atoms with Crippen molar-refractivity contribution in [2.75, 3.05) is 13.1 Å². The maximum atomic E-state index is 12.3. The van der Waals surface area contributed by atoms with E-state index in [4.69, 9.17) is 0 Å². The molecule has 1 aromatic carbocycles. The fourth-order valence-corrected chi connectivity index (χ4v) is 4.81. The molecule has 9 heteroatoms. The van der Waals surface area contributed by atoms with Crippen LogP contribution in [0.5, 0.6) is 0 Å². The number of nitrogens with zero attached hydrogens (tertiary/aromatic N) is 2. The molecular formula is C11H12ClN3O3S2. The van der Waals surface area contributed by atoms with Crippen LogP contribution in [0.25, 0.3) is 10.2 Å². The van der Waals surface area contributed by atoms with Gasteiger partial charge in [0.2, 0.25) is 0 Å². The van der Waals surface area contributed by atoms with Crippen LogP contribution in [-0.2, 0) is 10.8 Å². The van der Waals surface area contributed by atoms with Crippen molar-refractivity contribution in [1.82, 2.24) is 10.3 Å². The van der Waals surface area contributed by atoms with Gasteiger partial charge >= 0.3 is 0 Å². The minimum Gasteiger partial charge on any atom is -0.315 e. The third-order valence-corrected chi connectivity index (χ3v) is 6.07. The van der Waals surface area contributed by atoms with Gasteiger partial charge in [-0.15, -0.1) is 23.7 Å². The molecule has 0 unspecified atom stereocenters. The van der Waals surface area contributed by atoms with Crippen molar-refractivity contribution in [3.8, 4) is 0 Å².